The van der Waals surface area contributed by atoms with Crippen LogP contribution in [0, 0.1) is 0 Å². The molecule has 2 N–H and O–H groups in total. The van der Waals surface area contributed by atoms with E-state index in [9.17, 15) is 0 Å². The fraction of sp³-hybridized carbons (Fsp3) is 0. The predicted molar refractivity (Wildman–Crippen MR) is 76.9 cm³/mol. The Balaban J connectivity index is 2.06. The Labute approximate surface area is 114 Å². The highest BCUT2D eigenvalue weighted by Crippen LogP contribution is 2.28. The number of pyridine rings is 1. The fourth-order valence-corrected chi connectivity index (χ4v) is 2.22. The lowest BCUT2D eigenvalue weighted by Crippen LogP contribution is -1.96. The Hall–Kier alpha value is -2.95. The molecule has 0 aliphatic rings. The van der Waals surface area contributed by atoms with Crippen LogP contribution in [0.4, 0.5) is 0 Å². The first-order valence-corrected chi connectivity index (χ1v) is 6.32. The largest absolute Gasteiger partial charge is 0.360 e. The first-order chi connectivity index (χ1) is 9.92. The van der Waals surface area contributed by atoms with Gasteiger partial charge in [0.15, 0.2) is 5.65 Å². The van der Waals surface area contributed by atoms with E-state index in [0.29, 0.717) is 5.65 Å². The summed E-state index contributed by atoms with van der Waals surface area (Å²) in [4.78, 5) is 20.0. The second-order valence-electron chi connectivity index (χ2n) is 4.43. The highest BCUT2D eigenvalue weighted by molar-refractivity contribution is 5.82. The van der Waals surface area contributed by atoms with Gasteiger partial charge < -0.3 is 9.97 Å². The van der Waals surface area contributed by atoms with Gasteiger partial charge in [0.1, 0.15) is 16.9 Å². The van der Waals surface area contributed by atoms with Crippen molar-refractivity contribution in [3.05, 3.63) is 55.0 Å². The second kappa shape index (κ2) is 4.31. The van der Waals surface area contributed by atoms with Gasteiger partial charge in [-0.15, -0.1) is 0 Å². The highest BCUT2D eigenvalue weighted by atomic mass is 14.9. The van der Waals surface area contributed by atoms with Gasteiger partial charge in [-0.05, 0) is 36.4 Å². The summed E-state index contributed by atoms with van der Waals surface area (Å²) in [6.45, 7) is 0. The molecule has 4 heterocycles. The van der Waals surface area contributed by atoms with Crippen LogP contribution in [0.3, 0.4) is 0 Å². The molecule has 4 rings (SSSR count). The van der Waals surface area contributed by atoms with Crippen molar-refractivity contribution in [1.82, 2.24) is 24.9 Å². The zero-order valence-electron chi connectivity index (χ0n) is 10.5. The lowest BCUT2D eigenvalue weighted by Gasteiger charge is -2.07. The molecule has 0 atom stereocenters. The maximum absolute atomic E-state index is 4.70. The number of fused-ring (bicyclic) bond motifs is 1. The Morgan fingerprint density at radius 2 is 1.45 bits per heavy atom. The van der Waals surface area contributed by atoms with Gasteiger partial charge in [-0.25, -0.2) is 15.0 Å². The maximum Gasteiger partial charge on any atom is 0.178 e. The average Bonchev–Trinajstić information content (AvgIpc) is 3.19. The molecule has 0 bridgehead atoms. The Morgan fingerprint density at radius 3 is 2.10 bits per heavy atom. The minimum Gasteiger partial charge on any atom is -0.360 e. The van der Waals surface area contributed by atoms with E-state index in [2.05, 4.69) is 19.9 Å². The summed E-state index contributed by atoms with van der Waals surface area (Å²) in [7, 11) is 0. The topological polar surface area (TPSA) is 70.2 Å². The molecule has 20 heavy (non-hydrogen) atoms. The van der Waals surface area contributed by atoms with Crippen molar-refractivity contribution in [1.29, 1.82) is 0 Å². The molecule has 0 saturated heterocycles. The molecule has 0 unspecified atom stereocenters. The summed E-state index contributed by atoms with van der Waals surface area (Å²) in [6, 6.07) is 11.6. The summed E-state index contributed by atoms with van der Waals surface area (Å²) >= 11 is 0. The van der Waals surface area contributed by atoms with E-state index in [4.69, 9.17) is 4.98 Å². The van der Waals surface area contributed by atoms with Gasteiger partial charge in [-0.1, -0.05) is 0 Å². The summed E-state index contributed by atoms with van der Waals surface area (Å²) in [6.07, 6.45) is 5.48. The van der Waals surface area contributed by atoms with Crippen LogP contribution in [0.1, 0.15) is 0 Å². The molecular formula is C15H11N5. The molecule has 0 fully saturated rings. The van der Waals surface area contributed by atoms with E-state index >= 15 is 0 Å². The molecule has 4 aromatic heterocycles. The van der Waals surface area contributed by atoms with Crippen LogP contribution >= 0.6 is 0 Å². The van der Waals surface area contributed by atoms with Crippen LogP contribution in [0.2, 0.25) is 0 Å². The van der Waals surface area contributed by atoms with Gasteiger partial charge >= 0.3 is 0 Å². The van der Waals surface area contributed by atoms with Gasteiger partial charge in [0.05, 0.1) is 11.4 Å². The summed E-state index contributed by atoms with van der Waals surface area (Å²) < 4.78 is 0. The van der Waals surface area contributed by atoms with E-state index in [1.807, 2.05) is 48.8 Å². The second-order valence-corrected chi connectivity index (χ2v) is 4.43. The SMILES string of the molecule is c1c[nH]c(-c2nc3cccnc3nc2-c2ccc[nH]2)c1. The summed E-state index contributed by atoms with van der Waals surface area (Å²) in [5, 5.41) is 0. The Bertz CT molecular complexity index is 775. The lowest BCUT2D eigenvalue weighted by molar-refractivity contribution is 1.20. The molecule has 5 nitrogen and oxygen atoms in total. The van der Waals surface area contributed by atoms with E-state index in [1.165, 1.54) is 0 Å². The van der Waals surface area contributed by atoms with Crippen molar-refractivity contribution >= 4 is 11.2 Å². The molecule has 0 amide bonds. The first kappa shape index (κ1) is 10.9. The molecule has 0 spiro atoms. The molecule has 4 aromatic rings. The third kappa shape index (κ3) is 1.68. The molecule has 0 aliphatic carbocycles. The number of aromatic nitrogens is 5. The molecule has 96 valence electrons. The zero-order chi connectivity index (χ0) is 13.4. The van der Waals surface area contributed by atoms with Gasteiger partial charge in [-0.3, -0.25) is 0 Å². The smallest absolute Gasteiger partial charge is 0.178 e. The molecule has 0 aliphatic heterocycles. The average molecular weight is 261 g/mol. The lowest BCUT2D eigenvalue weighted by atomic mass is 10.2. The van der Waals surface area contributed by atoms with Gasteiger partial charge in [0.2, 0.25) is 0 Å². The van der Waals surface area contributed by atoms with Crippen molar-refractivity contribution in [3.8, 4) is 22.8 Å². The maximum atomic E-state index is 4.70. The van der Waals surface area contributed by atoms with Crippen molar-refractivity contribution in [3.63, 3.8) is 0 Å². The van der Waals surface area contributed by atoms with Crippen LogP contribution in [-0.4, -0.2) is 24.9 Å². The standard InChI is InChI=1S/C15H11N5/c1-4-10(16-7-1)13-14(11-5-2-8-17-11)20-15-12(19-13)6-3-9-18-15/h1-9,16-17H. The molecule has 5 heteroatoms. The van der Waals surface area contributed by atoms with Crippen LogP contribution in [0.5, 0.6) is 0 Å². The van der Waals surface area contributed by atoms with Crippen molar-refractivity contribution in [2.24, 2.45) is 0 Å². The van der Waals surface area contributed by atoms with E-state index < -0.39 is 0 Å². The van der Waals surface area contributed by atoms with Crippen LogP contribution in [-0.2, 0) is 0 Å². The van der Waals surface area contributed by atoms with Crippen LogP contribution in [0.25, 0.3) is 33.9 Å². The fourth-order valence-electron chi connectivity index (χ4n) is 2.22. The monoisotopic (exact) mass is 261 g/mol. The van der Waals surface area contributed by atoms with Crippen molar-refractivity contribution in [2.75, 3.05) is 0 Å². The van der Waals surface area contributed by atoms with Gasteiger partial charge in [0.25, 0.3) is 0 Å². The van der Waals surface area contributed by atoms with Gasteiger partial charge in [0, 0.05) is 18.6 Å². The van der Waals surface area contributed by atoms with Crippen LogP contribution in [0.15, 0.2) is 55.0 Å². The van der Waals surface area contributed by atoms with Crippen molar-refractivity contribution in [2.45, 2.75) is 0 Å². The summed E-state index contributed by atoms with van der Waals surface area (Å²) in [5.74, 6) is 0. The predicted octanol–water partition coefficient (Wildman–Crippen LogP) is 3.02. The van der Waals surface area contributed by atoms with E-state index in [-0.39, 0.29) is 0 Å². The Kier molecular flexibility index (Phi) is 2.35. The molecule has 0 aromatic carbocycles. The van der Waals surface area contributed by atoms with E-state index in [1.54, 1.807) is 6.20 Å². The van der Waals surface area contributed by atoms with Gasteiger partial charge in [-0.2, -0.15) is 0 Å². The number of aromatic amines is 2. The Morgan fingerprint density at radius 1 is 0.750 bits per heavy atom. The molecular weight excluding hydrogens is 250 g/mol. The number of hydrogen-bond donors (Lipinski definition) is 2. The third-order valence-corrected chi connectivity index (χ3v) is 3.15. The minimum absolute atomic E-state index is 0.646. The number of nitrogens with one attached hydrogen (secondary N) is 2. The minimum atomic E-state index is 0.646. The van der Waals surface area contributed by atoms with E-state index in [0.717, 1.165) is 28.3 Å². The number of H-pyrrole nitrogens is 2. The number of nitrogens with zero attached hydrogens (tertiary/aromatic N) is 3. The number of rotatable bonds is 2. The number of hydrogen-bond acceptors (Lipinski definition) is 3. The highest BCUT2D eigenvalue weighted by Gasteiger charge is 2.14. The zero-order valence-corrected chi connectivity index (χ0v) is 10.5. The van der Waals surface area contributed by atoms with Crippen molar-refractivity contribution < 1.29 is 0 Å². The normalized spacial score (nSPS) is 11.0. The quantitative estimate of drug-likeness (QED) is 0.582. The summed E-state index contributed by atoms with van der Waals surface area (Å²) in [5.41, 5.74) is 4.91. The third-order valence-electron chi connectivity index (χ3n) is 3.15. The molecule has 0 radical (unpaired) electrons. The first-order valence-electron chi connectivity index (χ1n) is 6.32. The molecule has 0 saturated carbocycles. The van der Waals surface area contributed by atoms with Crippen LogP contribution < -0.4 is 0 Å².